The van der Waals surface area contributed by atoms with E-state index in [9.17, 15) is 0 Å². The molecule has 0 atom stereocenters. The first-order valence-corrected chi connectivity index (χ1v) is 7.17. The van der Waals surface area contributed by atoms with E-state index in [2.05, 4.69) is 15.5 Å². The van der Waals surface area contributed by atoms with Crippen LogP contribution in [0.2, 0.25) is 0 Å². The van der Waals surface area contributed by atoms with Gasteiger partial charge in [0.1, 0.15) is 5.82 Å². The van der Waals surface area contributed by atoms with Crippen LogP contribution in [0.15, 0.2) is 59.7 Å². The van der Waals surface area contributed by atoms with Gasteiger partial charge in [-0.25, -0.2) is 4.98 Å². The maximum absolute atomic E-state index is 5.27. The number of anilines is 1. The van der Waals surface area contributed by atoms with Crippen molar-refractivity contribution in [2.75, 3.05) is 19.6 Å². The summed E-state index contributed by atoms with van der Waals surface area (Å²) in [7, 11) is 3.22. The number of nitrogens with zero attached hydrogens (tertiary/aromatic N) is 2. The van der Waals surface area contributed by atoms with E-state index in [0.717, 1.165) is 16.5 Å². The molecule has 5 nitrogen and oxygen atoms in total. The van der Waals surface area contributed by atoms with Gasteiger partial charge in [0.2, 0.25) is 0 Å². The van der Waals surface area contributed by atoms with Crippen LogP contribution in [0, 0.1) is 0 Å². The second-order valence-electron chi connectivity index (χ2n) is 4.87. The van der Waals surface area contributed by atoms with Gasteiger partial charge in [-0.1, -0.05) is 18.2 Å². The van der Waals surface area contributed by atoms with E-state index in [1.54, 1.807) is 20.4 Å². The number of hydrogen-bond donors (Lipinski definition) is 1. The molecule has 0 aliphatic carbocycles. The molecule has 2 aromatic carbocycles. The zero-order valence-corrected chi connectivity index (χ0v) is 13.0. The lowest BCUT2D eigenvalue weighted by molar-refractivity contribution is 0.355. The predicted molar refractivity (Wildman–Crippen MR) is 92.5 cm³/mol. The molecule has 0 amide bonds. The number of hydrazone groups is 1. The Labute approximate surface area is 134 Å². The van der Waals surface area contributed by atoms with E-state index < -0.39 is 0 Å². The number of nitrogens with one attached hydrogen (secondary N) is 1. The standard InChI is InChI=1S/C18H17N3O2/c1-22-16-9-7-13(11-17(16)23-2)12-19-21-18-10-8-14-5-3-4-6-15(14)20-18/h3-12H,1-2H3,(H,20,21)/b19-12-. The molecule has 1 N–H and O–H groups in total. The number of para-hydroxylation sites is 1. The third-order valence-corrected chi connectivity index (χ3v) is 3.40. The van der Waals surface area contributed by atoms with E-state index in [1.807, 2.05) is 54.6 Å². The van der Waals surface area contributed by atoms with Gasteiger partial charge in [-0.3, -0.25) is 5.43 Å². The van der Waals surface area contributed by atoms with Crippen LogP contribution in [0.3, 0.4) is 0 Å². The number of pyridine rings is 1. The summed E-state index contributed by atoms with van der Waals surface area (Å²) in [4.78, 5) is 4.50. The Hall–Kier alpha value is -3.08. The van der Waals surface area contributed by atoms with E-state index in [4.69, 9.17) is 9.47 Å². The lowest BCUT2D eigenvalue weighted by Gasteiger charge is -2.07. The normalized spacial score (nSPS) is 10.9. The zero-order chi connectivity index (χ0) is 16.1. The molecule has 1 heterocycles. The molecule has 0 spiro atoms. The largest absolute Gasteiger partial charge is 0.493 e. The Morgan fingerprint density at radius 2 is 1.78 bits per heavy atom. The SMILES string of the molecule is COc1ccc(/C=N\Nc2ccc3ccccc3n2)cc1OC. The number of ether oxygens (including phenoxy) is 2. The minimum absolute atomic E-state index is 0.667. The number of aromatic nitrogens is 1. The van der Waals surface area contributed by atoms with E-state index in [0.29, 0.717) is 17.3 Å². The predicted octanol–water partition coefficient (Wildman–Crippen LogP) is 3.70. The van der Waals surface area contributed by atoms with Gasteiger partial charge >= 0.3 is 0 Å². The summed E-state index contributed by atoms with van der Waals surface area (Å²) in [5.41, 5.74) is 4.77. The van der Waals surface area contributed by atoms with Gasteiger partial charge in [0, 0.05) is 5.39 Å². The number of fused-ring (bicyclic) bond motifs is 1. The van der Waals surface area contributed by atoms with Crippen LogP contribution in [0.1, 0.15) is 5.56 Å². The van der Waals surface area contributed by atoms with E-state index in [1.165, 1.54) is 0 Å². The summed E-state index contributed by atoms with van der Waals surface area (Å²) >= 11 is 0. The average molecular weight is 307 g/mol. The lowest BCUT2D eigenvalue weighted by Crippen LogP contribution is -1.95. The Kier molecular flexibility index (Phi) is 4.38. The molecule has 23 heavy (non-hydrogen) atoms. The fourth-order valence-corrected chi connectivity index (χ4v) is 2.23. The zero-order valence-electron chi connectivity index (χ0n) is 13.0. The molecular weight excluding hydrogens is 290 g/mol. The van der Waals surface area contributed by atoms with Crippen molar-refractivity contribution in [2.24, 2.45) is 5.10 Å². The van der Waals surface area contributed by atoms with Crippen molar-refractivity contribution in [3.8, 4) is 11.5 Å². The van der Waals surface area contributed by atoms with Gasteiger partial charge in [0.15, 0.2) is 11.5 Å². The minimum Gasteiger partial charge on any atom is -0.493 e. The average Bonchev–Trinajstić information content (AvgIpc) is 2.61. The minimum atomic E-state index is 0.667. The smallest absolute Gasteiger partial charge is 0.161 e. The molecule has 0 aliphatic heterocycles. The van der Waals surface area contributed by atoms with Gasteiger partial charge < -0.3 is 9.47 Å². The Bertz CT molecular complexity index is 847. The number of hydrogen-bond acceptors (Lipinski definition) is 5. The summed E-state index contributed by atoms with van der Waals surface area (Å²) in [6, 6.07) is 17.5. The molecule has 0 unspecified atom stereocenters. The molecule has 0 fully saturated rings. The molecule has 0 bridgehead atoms. The summed E-state index contributed by atoms with van der Waals surface area (Å²) in [6.07, 6.45) is 1.71. The van der Waals surface area contributed by atoms with Crippen molar-refractivity contribution in [3.63, 3.8) is 0 Å². The Morgan fingerprint density at radius 3 is 2.61 bits per heavy atom. The van der Waals surface area contributed by atoms with Crippen LogP contribution in [0.5, 0.6) is 11.5 Å². The molecule has 3 rings (SSSR count). The fraction of sp³-hybridized carbons (Fsp3) is 0.111. The molecule has 3 aromatic rings. The highest BCUT2D eigenvalue weighted by Gasteiger charge is 2.03. The van der Waals surface area contributed by atoms with Crippen molar-refractivity contribution >= 4 is 22.9 Å². The molecule has 0 saturated heterocycles. The molecule has 0 aliphatic rings. The van der Waals surface area contributed by atoms with Crippen molar-refractivity contribution in [3.05, 3.63) is 60.2 Å². The lowest BCUT2D eigenvalue weighted by atomic mass is 10.2. The first kappa shape index (κ1) is 14.8. The Balaban J connectivity index is 1.74. The third-order valence-electron chi connectivity index (χ3n) is 3.40. The fourth-order valence-electron chi connectivity index (χ4n) is 2.23. The highest BCUT2D eigenvalue weighted by Crippen LogP contribution is 2.26. The Morgan fingerprint density at radius 1 is 0.957 bits per heavy atom. The van der Waals surface area contributed by atoms with Crippen molar-refractivity contribution in [2.45, 2.75) is 0 Å². The maximum atomic E-state index is 5.27. The van der Waals surface area contributed by atoms with Crippen LogP contribution >= 0.6 is 0 Å². The van der Waals surface area contributed by atoms with Gasteiger partial charge in [-0.05, 0) is 42.0 Å². The van der Waals surface area contributed by atoms with Gasteiger partial charge in [0.25, 0.3) is 0 Å². The summed E-state index contributed by atoms with van der Waals surface area (Å²) in [5.74, 6) is 2.05. The summed E-state index contributed by atoms with van der Waals surface area (Å²) in [6.45, 7) is 0. The number of benzene rings is 2. The van der Waals surface area contributed by atoms with Crippen LogP contribution < -0.4 is 14.9 Å². The molecule has 0 radical (unpaired) electrons. The topological polar surface area (TPSA) is 55.7 Å². The highest BCUT2D eigenvalue weighted by atomic mass is 16.5. The quantitative estimate of drug-likeness (QED) is 0.577. The van der Waals surface area contributed by atoms with E-state index in [-0.39, 0.29) is 0 Å². The third kappa shape index (κ3) is 3.40. The maximum Gasteiger partial charge on any atom is 0.161 e. The van der Waals surface area contributed by atoms with Crippen molar-refractivity contribution in [1.82, 2.24) is 4.98 Å². The number of rotatable bonds is 5. The van der Waals surface area contributed by atoms with Gasteiger partial charge in [-0.15, -0.1) is 0 Å². The molecule has 1 aromatic heterocycles. The first-order valence-electron chi connectivity index (χ1n) is 7.17. The highest BCUT2D eigenvalue weighted by molar-refractivity contribution is 5.82. The summed E-state index contributed by atoms with van der Waals surface area (Å²) in [5, 5.41) is 5.31. The number of methoxy groups -OCH3 is 2. The van der Waals surface area contributed by atoms with Crippen LogP contribution in [-0.4, -0.2) is 25.4 Å². The second-order valence-corrected chi connectivity index (χ2v) is 4.87. The molecular formula is C18H17N3O2. The molecule has 5 heteroatoms. The van der Waals surface area contributed by atoms with Crippen molar-refractivity contribution < 1.29 is 9.47 Å². The van der Waals surface area contributed by atoms with Crippen LogP contribution in [0.25, 0.3) is 10.9 Å². The monoisotopic (exact) mass is 307 g/mol. The summed E-state index contributed by atoms with van der Waals surface area (Å²) < 4.78 is 10.5. The van der Waals surface area contributed by atoms with Gasteiger partial charge in [-0.2, -0.15) is 5.10 Å². The molecule has 0 saturated carbocycles. The van der Waals surface area contributed by atoms with Crippen LogP contribution in [-0.2, 0) is 0 Å². The van der Waals surface area contributed by atoms with Crippen molar-refractivity contribution in [1.29, 1.82) is 0 Å². The van der Waals surface area contributed by atoms with E-state index >= 15 is 0 Å². The molecule has 116 valence electrons. The van der Waals surface area contributed by atoms with Gasteiger partial charge in [0.05, 0.1) is 26.0 Å². The first-order chi connectivity index (χ1) is 11.3. The van der Waals surface area contributed by atoms with Crippen LogP contribution in [0.4, 0.5) is 5.82 Å². The second kappa shape index (κ2) is 6.79.